The van der Waals surface area contributed by atoms with Gasteiger partial charge in [-0.25, -0.2) is 0 Å². The second-order valence-electron chi connectivity index (χ2n) is 4.18. The van der Waals surface area contributed by atoms with E-state index in [0.29, 0.717) is 12.8 Å². The molecule has 1 saturated carbocycles. The number of carbonyl (C=O) groups is 2. The molecule has 1 amide bonds. The van der Waals surface area contributed by atoms with Crippen molar-refractivity contribution >= 4 is 11.7 Å². The smallest absolute Gasteiger partial charge is 0.217 e. The van der Waals surface area contributed by atoms with E-state index in [1.807, 2.05) is 25.2 Å². The summed E-state index contributed by atoms with van der Waals surface area (Å²) in [4.78, 5) is 24.3. The van der Waals surface area contributed by atoms with Gasteiger partial charge in [0.2, 0.25) is 5.91 Å². The van der Waals surface area contributed by atoms with Crippen LogP contribution in [0.1, 0.15) is 26.2 Å². The van der Waals surface area contributed by atoms with Crippen LogP contribution >= 0.6 is 0 Å². The van der Waals surface area contributed by atoms with E-state index in [9.17, 15) is 9.59 Å². The number of ketones is 1. The number of hydrogen-bond acceptors (Lipinski definition) is 3. The first-order valence-corrected chi connectivity index (χ1v) is 5.16. The summed E-state index contributed by atoms with van der Waals surface area (Å²) in [6, 6.07) is 0.117. The molecule has 4 nitrogen and oxygen atoms in total. The molecule has 0 heterocycles. The molecule has 15 heavy (non-hydrogen) atoms. The van der Waals surface area contributed by atoms with Gasteiger partial charge in [0.15, 0.2) is 5.78 Å². The first-order chi connectivity index (χ1) is 6.99. The van der Waals surface area contributed by atoms with Crippen molar-refractivity contribution in [2.24, 2.45) is 0 Å². The van der Waals surface area contributed by atoms with Gasteiger partial charge in [-0.1, -0.05) is 0 Å². The van der Waals surface area contributed by atoms with Gasteiger partial charge in [0.05, 0.1) is 0 Å². The third-order valence-corrected chi connectivity index (χ3v) is 2.37. The average molecular weight is 210 g/mol. The van der Waals surface area contributed by atoms with Crippen LogP contribution in [-0.4, -0.2) is 36.7 Å². The topological polar surface area (TPSA) is 49.4 Å². The molecule has 84 valence electrons. The molecular weight excluding hydrogens is 192 g/mol. The van der Waals surface area contributed by atoms with E-state index >= 15 is 0 Å². The molecule has 0 aromatic heterocycles. The molecule has 0 aliphatic heterocycles. The number of nitrogens with one attached hydrogen (secondary N) is 1. The van der Waals surface area contributed by atoms with E-state index in [2.05, 4.69) is 5.32 Å². The maximum Gasteiger partial charge on any atom is 0.217 e. The van der Waals surface area contributed by atoms with Gasteiger partial charge in [0.1, 0.15) is 0 Å². The fourth-order valence-corrected chi connectivity index (χ4v) is 1.79. The number of Topliss-reactive ketones (excluding diaryl/α,β-unsaturated/α-hetero) is 1. The molecule has 4 heteroatoms. The van der Waals surface area contributed by atoms with Crippen LogP contribution in [0.25, 0.3) is 0 Å². The van der Waals surface area contributed by atoms with Crippen molar-refractivity contribution in [2.75, 3.05) is 14.1 Å². The molecular formula is C11H18N2O2. The van der Waals surface area contributed by atoms with Crippen LogP contribution in [0.15, 0.2) is 11.8 Å². The van der Waals surface area contributed by atoms with Gasteiger partial charge in [-0.15, -0.1) is 0 Å². The number of rotatable bonds is 2. The Bertz CT molecular complexity index is 295. The van der Waals surface area contributed by atoms with Crippen LogP contribution < -0.4 is 5.32 Å². The summed E-state index contributed by atoms with van der Waals surface area (Å²) in [5.74, 6) is 0.170. The molecule has 1 aliphatic carbocycles. The predicted molar refractivity (Wildman–Crippen MR) is 58.2 cm³/mol. The standard InChI is InChI=1S/C11H18N2O2/c1-8(14)12-10-4-5-11(15)9(6-10)7-13(2)3/h7,10H,4-6H2,1-3H3,(H,12,14)/b9-7+. The third-order valence-electron chi connectivity index (χ3n) is 2.37. The molecule has 0 radical (unpaired) electrons. The van der Waals surface area contributed by atoms with Crippen LogP contribution in [0.2, 0.25) is 0 Å². The lowest BCUT2D eigenvalue weighted by atomic mass is 9.90. The summed E-state index contributed by atoms with van der Waals surface area (Å²) in [5.41, 5.74) is 0.810. The molecule has 1 fully saturated rings. The number of nitrogens with zero attached hydrogens (tertiary/aromatic N) is 1. The Balaban J connectivity index is 2.64. The van der Waals surface area contributed by atoms with Crippen molar-refractivity contribution < 1.29 is 9.59 Å². The van der Waals surface area contributed by atoms with Crippen molar-refractivity contribution in [3.05, 3.63) is 11.8 Å². The van der Waals surface area contributed by atoms with Crippen LogP contribution in [-0.2, 0) is 9.59 Å². The van der Waals surface area contributed by atoms with Gasteiger partial charge in [0, 0.05) is 45.3 Å². The van der Waals surface area contributed by atoms with E-state index < -0.39 is 0 Å². The van der Waals surface area contributed by atoms with E-state index in [1.54, 1.807) is 0 Å². The van der Waals surface area contributed by atoms with Crippen LogP contribution in [0, 0.1) is 0 Å². The summed E-state index contributed by atoms with van der Waals surface area (Å²) in [6.45, 7) is 1.51. The SMILES string of the molecule is CC(=O)NC1CCC(=O)/C(=C/N(C)C)C1. The number of hydrogen-bond donors (Lipinski definition) is 1. The Kier molecular flexibility index (Phi) is 3.88. The molecule has 0 spiro atoms. The van der Waals surface area contributed by atoms with Gasteiger partial charge >= 0.3 is 0 Å². The van der Waals surface area contributed by atoms with Gasteiger partial charge < -0.3 is 10.2 Å². The van der Waals surface area contributed by atoms with Crippen LogP contribution in [0.5, 0.6) is 0 Å². The van der Waals surface area contributed by atoms with Crippen LogP contribution in [0.4, 0.5) is 0 Å². The Morgan fingerprint density at radius 2 is 2.20 bits per heavy atom. The maximum absolute atomic E-state index is 11.6. The lowest BCUT2D eigenvalue weighted by Crippen LogP contribution is -2.37. The van der Waals surface area contributed by atoms with Crippen LogP contribution in [0.3, 0.4) is 0 Å². The highest BCUT2D eigenvalue weighted by atomic mass is 16.1. The second-order valence-corrected chi connectivity index (χ2v) is 4.18. The van der Waals surface area contributed by atoms with Crippen molar-refractivity contribution in [3.63, 3.8) is 0 Å². The monoisotopic (exact) mass is 210 g/mol. The Hall–Kier alpha value is -1.32. The molecule has 1 unspecified atom stereocenters. The molecule has 0 bridgehead atoms. The highest BCUT2D eigenvalue weighted by Crippen LogP contribution is 2.20. The van der Waals surface area contributed by atoms with Gasteiger partial charge in [-0.2, -0.15) is 0 Å². The highest BCUT2D eigenvalue weighted by Gasteiger charge is 2.23. The number of amides is 1. The zero-order valence-corrected chi connectivity index (χ0v) is 9.54. The van der Waals surface area contributed by atoms with E-state index in [0.717, 1.165) is 12.0 Å². The van der Waals surface area contributed by atoms with E-state index in [-0.39, 0.29) is 17.7 Å². The minimum Gasteiger partial charge on any atom is -0.383 e. The molecule has 1 atom stereocenters. The summed E-state index contributed by atoms with van der Waals surface area (Å²) in [7, 11) is 3.78. The highest BCUT2D eigenvalue weighted by molar-refractivity contribution is 5.96. The summed E-state index contributed by atoms with van der Waals surface area (Å²) in [5, 5.41) is 2.85. The molecule has 0 aromatic carbocycles. The van der Waals surface area contributed by atoms with Gasteiger partial charge in [0.25, 0.3) is 0 Å². The summed E-state index contributed by atoms with van der Waals surface area (Å²) in [6.07, 6.45) is 3.78. The van der Waals surface area contributed by atoms with Crippen molar-refractivity contribution in [1.29, 1.82) is 0 Å². The second kappa shape index (κ2) is 4.96. The fourth-order valence-electron chi connectivity index (χ4n) is 1.79. The first kappa shape index (κ1) is 11.8. The third kappa shape index (κ3) is 3.73. The largest absolute Gasteiger partial charge is 0.383 e. The summed E-state index contributed by atoms with van der Waals surface area (Å²) >= 11 is 0. The van der Waals surface area contributed by atoms with Crippen molar-refractivity contribution in [3.8, 4) is 0 Å². The lowest BCUT2D eigenvalue weighted by molar-refractivity contribution is -0.121. The first-order valence-electron chi connectivity index (χ1n) is 5.16. The summed E-state index contributed by atoms with van der Waals surface area (Å²) < 4.78 is 0. The lowest BCUT2D eigenvalue weighted by Gasteiger charge is -2.24. The molecule has 1 rings (SSSR count). The minimum absolute atomic E-state index is 0.0291. The minimum atomic E-state index is -0.0291. The maximum atomic E-state index is 11.6. The molecule has 1 aliphatic rings. The fraction of sp³-hybridized carbons (Fsp3) is 0.636. The Morgan fingerprint density at radius 1 is 1.53 bits per heavy atom. The Labute approximate surface area is 90.3 Å². The van der Waals surface area contributed by atoms with E-state index in [1.165, 1.54) is 6.92 Å². The van der Waals surface area contributed by atoms with Crippen molar-refractivity contribution in [1.82, 2.24) is 10.2 Å². The number of carbonyl (C=O) groups excluding carboxylic acids is 2. The van der Waals surface area contributed by atoms with Gasteiger partial charge in [-0.05, 0) is 12.8 Å². The molecule has 0 saturated heterocycles. The zero-order chi connectivity index (χ0) is 11.4. The van der Waals surface area contributed by atoms with Crippen molar-refractivity contribution in [2.45, 2.75) is 32.2 Å². The Morgan fingerprint density at radius 3 is 2.73 bits per heavy atom. The normalized spacial score (nSPS) is 24.1. The quantitative estimate of drug-likeness (QED) is 0.682. The molecule has 0 aromatic rings. The van der Waals surface area contributed by atoms with E-state index in [4.69, 9.17) is 0 Å². The predicted octanol–water partition coefficient (Wildman–Crippen LogP) is 0.690. The average Bonchev–Trinajstić information content (AvgIpc) is 2.09. The van der Waals surface area contributed by atoms with Gasteiger partial charge in [-0.3, -0.25) is 9.59 Å². The zero-order valence-electron chi connectivity index (χ0n) is 9.54. The molecule has 1 N–H and O–H groups in total.